The summed E-state index contributed by atoms with van der Waals surface area (Å²) in [6.07, 6.45) is 2.01. The van der Waals surface area contributed by atoms with E-state index in [4.69, 9.17) is 20.9 Å². The van der Waals surface area contributed by atoms with E-state index < -0.39 is 23.5 Å². The summed E-state index contributed by atoms with van der Waals surface area (Å²) in [5.41, 5.74) is 9.94. The Hall–Kier alpha value is -3.11. The zero-order chi connectivity index (χ0) is 23.5. The van der Waals surface area contributed by atoms with Gasteiger partial charge in [0.2, 0.25) is 0 Å². The summed E-state index contributed by atoms with van der Waals surface area (Å²) < 4.78 is 25.2. The summed E-state index contributed by atoms with van der Waals surface area (Å²) in [5.74, 6) is 0.195. The Labute approximate surface area is 186 Å². The number of anilines is 1. The summed E-state index contributed by atoms with van der Waals surface area (Å²) in [4.78, 5) is 34.6. The fourth-order valence-corrected chi connectivity index (χ4v) is 3.95. The van der Waals surface area contributed by atoms with Crippen LogP contribution < -0.4 is 16.4 Å². The van der Waals surface area contributed by atoms with Crippen molar-refractivity contribution in [2.24, 2.45) is 28.3 Å². The van der Waals surface area contributed by atoms with Crippen LogP contribution >= 0.6 is 0 Å². The van der Waals surface area contributed by atoms with Crippen LogP contribution in [-0.4, -0.2) is 59.8 Å². The van der Waals surface area contributed by atoms with Crippen molar-refractivity contribution in [2.45, 2.75) is 45.8 Å². The number of carbonyl (C=O) groups is 2. The fourth-order valence-electron chi connectivity index (χ4n) is 3.95. The van der Waals surface area contributed by atoms with Crippen molar-refractivity contribution in [2.75, 3.05) is 31.1 Å². The zero-order valence-corrected chi connectivity index (χ0v) is 18.7. The van der Waals surface area contributed by atoms with Gasteiger partial charge in [0.25, 0.3) is 0 Å². The molecule has 0 unspecified atom stereocenters. The molecule has 3 heterocycles. The van der Waals surface area contributed by atoms with E-state index in [-0.39, 0.29) is 24.1 Å². The van der Waals surface area contributed by atoms with Gasteiger partial charge >= 0.3 is 12.2 Å². The maximum atomic E-state index is 14.9. The third-order valence-electron chi connectivity index (χ3n) is 5.59. The number of amides is 2. The van der Waals surface area contributed by atoms with Gasteiger partial charge in [-0.15, -0.1) is 4.99 Å². The Bertz CT molecular complexity index is 870. The number of rotatable bonds is 4. The molecule has 4 N–H and O–H groups in total. The molecule has 0 atom stereocenters. The molecule has 0 aromatic carbocycles. The fraction of sp³-hybridized carbons (Fsp3) is 0.619. The van der Waals surface area contributed by atoms with E-state index in [2.05, 4.69) is 9.98 Å². The highest BCUT2D eigenvalue weighted by Gasteiger charge is 2.39. The van der Waals surface area contributed by atoms with Crippen molar-refractivity contribution in [3.63, 3.8) is 0 Å². The maximum absolute atomic E-state index is 14.9. The van der Waals surface area contributed by atoms with Gasteiger partial charge in [-0.05, 0) is 51.5 Å². The molecule has 11 heteroatoms. The molecule has 0 saturated carbocycles. The van der Waals surface area contributed by atoms with E-state index in [1.165, 1.54) is 12.3 Å². The summed E-state index contributed by atoms with van der Waals surface area (Å²) >= 11 is 0. The van der Waals surface area contributed by atoms with Crippen LogP contribution in [-0.2, 0) is 16.1 Å². The summed E-state index contributed by atoms with van der Waals surface area (Å²) in [5, 5.41) is 0. The number of hydrogen-bond donors (Lipinski definition) is 2. The first kappa shape index (κ1) is 23.6. The van der Waals surface area contributed by atoms with E-state index in [9.17, 15) is 14.0 Å². The van der Waals surface area contributed by atoms with Gasteiger partial charge in [0.1, 0.15) is 12.2 Å². The van der Waals surface area contributed by atoms with E-state index >= 15 is 0 Å². The number of guanidine groups is 1. The molecule has 176 valence electrons. The molecule has 0 bridgehead atoms. The van der Waals surface area contributed by atoms with Gasteiger partial charge in [-0.3, -0.25) is 0 Å². The molecule has 1 aromatic rings. The Morgan fingerprint density at radius 3 is 2.47 bits per heavy atom. The van der Waals surface area contributed by atoms with Crippen LogP contribution in [0.5, 0.6) is 0 Å². The van der Waals surface area contributed by atoms with Gasteiger partial charge in [-0.2, -0.15) is 0 Å². The Balaban J connectivity index is 1.50. The molecule has 0 spiro atoms. The summed E-state index contributed by atoms with van der Waals surface area (Å²) in [6, 6.07) is 1.45. The first-order chi connectivity index (χ1) is 15.0. The van der Waals surface area contributed by atoms with Gasteiger partial charge in [0.15, 0.2) is 17.6 Å². The Morgan fingerprint density at radius 2 is 1.88 bits per heavy atom. The van der Waals surface area contributed by atoms with Crippen LogP contribution in [0.25, 0.3) is 0 Å². The molecule has 1 aromatic heterocycles. The van der Waals surface area contributed by atoms with Gasteiger partial charge < -0.3 is 30.7 Å². The first-order valence-electron chi connectivity index (χ1n) is 10.7. The Morgan fingerprint density at radius 1 is 1.22 bits per heavy atom. The van der Waals surface area contributed by atoms with Gasteiger partial charge in [0, 0.05) is 37.9 Å². The summed E-state index contributed by atoms with van der Waals surface area (Å²) in [7, 11) is 0. The lowest BCUT2D eigenvalue weighted by Gasteiger charge is -2.46. The van der Waals surface area contributed by atoms with E-state index in [1.807, 2.05) is 25.7 Å². The van der Waals surface area contributed by atoms with Crippen LogP contribution in [0.3, 0.4) is 0 Å². The monoisotopic (exact) mass is 450 g/mol. The second-order valence-corrected chi connectivity index (χ2v) is 9.17. The quantitative estimate of drug-likeness (QED) is 0.526. The highest BCUT2D eigenvalue weighted by atomic mass is 19.1. The minimum atomic E-state index is -0.982. The van der Waals surface area contributed by atoms with E-state index in [1.54, 1.807) is 4.90 Å². The lowest BCUT2D eigenvalue weighted by Crippen LogP contribution is -2.55. The van der Waals surface area contributed by atoms with Crippen molar-refractivity contribution in [3.8, 4) is 0 Å². The average Bonchev–Trinajstić information content (AvgIpc) is 2.65. The van der Waals surface area contributed by atoms with Crippen molar-refractivity contribution >= 4 is 24.0 Å². The van der Waals surface area contributed by atoms with Crippen LogP contribution in [0.2, 0.25) is 0 Å². The largest absolute Gasteiger partial charge is 0.444 e. The van der Waals surface area contributed by atoms with Crippen molar-refractivity contribution < 1.29 is 23.5 Å². The number of aliphatic imine (C=N–C) groups is 1. The number of carbonyl (C=O) groups excluding carboxylic acids is 2. The van der Waals surface area contributed by atoms with Crippen molar-refractivity contribution in [1.82, 2.24) is 9.88 Å². The summed E-state index contributed by atoms with van der Waals surface area (Å²) in [6.45, 7) is 7.99. The lowest BCUT2D eigenvalue weighted by atomic mass is 9.80. The number of nitrogens with zero attached hydrogens (tertiary/aromatic N) is 4. The van der Waals surface area contributed by atoms with Crippen LogP contribution in [0.4, 0.5) is 19.8 Å². The van der Waals surface area contributed by atoms with Crippen LogP contribution in [0.15, 0.2) is 17.3 Å². The SMILES string of the molecule is CC(C)(C)OC(=O)N1CC(C2CCN(c3nccc(COC(=O)N=C(N)N)c3F)CC2)C1. The van der Waals surface area contributed by atoms with Gasteiger partial charge in [0.05, 0.1) is 0 Å². The number of nitrogens with two attached hydrogens (primary N) is 2. The molecular weight excluding hydrogens is 419 g/mol. The highest BCUT2D eigenvalue weighted by Crippen LogP contribution is 2.34. The minimum Gasteiger partial charge on any atom is -0.444 e. The number of hydrogen-bond acceptors (Lipinski definition) is 6. The van der Waals surface area contributed by atoms with E-state index in [0.29, 0.717) is 38.0 Å². The van der Waals surface area contributed by atoms with Crippen molar-refractivity contribution in [1.29, 1.82) is 0 Å². The molecule has 2 saturated heterocycles. The molecular formula is C21H31FN6O4. The number of piperidine rings is 1. The molecule has 0 aliphatic carbocycles. The predicted octanol–water partition coefficient (Wildman–Crippen LogP) is 2.21. The van der Waals surface area contributed by atoms with E-state index in [0.717, 1.165) is 12.8 Å². The molecule has 2 amide bonds. The molecule has 2 aliphatic rings. The average molecular weight is 451 g/mol. The third kappa shape index (κ3) is 5.98. The van der Waals surface area contributed by atoms with Crippen LogP contribution in [0, 0.1) is 17.7 Å². The number of likely N-dealkylation sites (tertiary alicyclic amines) is 1. The molecule has 10 nitrogen and oxygen atoms in total. The standard InChI is InChI=1S/C21H31FN6O4/c1-21(2,3)32-20(30)28-10-15(11-28)13-5-8-27(9-6-13)17-16(22)14(4-7-25-17)12-31-19(29)26-18(23)24/h4,7,13,15H,5-6,8-12H2,1-3H3,(H4,23,24,26,29). The lowest BCUT2D eigenvalue weighted by molar-refractivity contribution is -0.0131. The number of ether oxygens (including phenoxy) is 2. The van der Waals surface area contributed by atoms with Crippen LogP contribution in [0.1, 0.15) is 39.2 Å². The smallest absolute Gasteiger partial charge is 0.437 e. The normalized spacial score (nSPS) is 17.5. The number of halogens is 1. The topological polar surface area (TPSA) is 136 Å². The number of aromatic nitrogens is 1. The van der Waals surface area contributed by atoms with Gasteiger partial charge in [-0.1, -0.05) is 0 Å². The molecule has 0 radical (unpaired) electrons. The highest BCUT2D eigenvalue weighted by molar-refractivity contribution is 5.87. The second-order valence-electron chi connectivity index (χ2n) is 9.17. The minimum absolute atomic E-state index is 0.197. The van der Waals surface area contributed by atoms with Crippen molar-refractivity contribution in [3.05, 3.63) is 23.6 Å². The molecule has 2 fully saturated rings. The molecule has 32 heavy (non-hydrogen) atoms. The third-order valence-corrected chi connectivity index (χ3v) is 5.59. The van der Waals surface area contributed by atoms with Gasteiger partial charge in [-0.25, -0.2) is 19.0 Å². The predicted molar refractivity (Wildman–Crippen MR) is 116 cm³/mol. The molecule has 3 rings (SSSR count). The molecule has 2 aliphatic heterocycles. The first-order valence-corrected chi connectivity index (χ1v) is 10.7. The maximum Gasteiger partial charge on any atom is 0.437 e. The second kappa shape index (κ2) is 9.58. The zero-order valence-electron chi connectivity index (χ0n) is 18.7. The Kier molecular flexibility index (Phi) is 7.05. The number of pyridine rings is 1.